The monoisotopic (exact) mass is 322 g/mol. The van der Waals surface area contributed by atoms with Gasteiger partial charge in [0.25, 0.3) is 0 Å². The molecule has 102 valence electrons. The van der Waals surface area contributed by atoms with E-state index in [1.54, 1.807) is 0 Å². The van der Waals surface area contributed by atoms with E-state index in [9.17, 15) is 4.79 Å². The van der Waals surface area contributed by atoms with Gasteiger partial charge in [0, 0.05) is 22.1 Å². The van der Waals surface area contributed by atoms with Crippen molar-refractivity contribution in [3.63, 3.8) is 0 Å². The van der Waals surface area contributed by atoms with Gasteiger partial charge >= 0.3 is 0 Å². The molecule has 1 aromatic carbocycles. The first kappa shape index (κ1) is 13.0. The first-order valence-corrected chi connectivity index (χ1v) is 7.51. The van der Waals surface area contributed by atoms with Crippen LogP contribution in [0.25, 0.3) is 0 Å². The van der Waals surface area contributed by atoms with Crippen molar-refractivity contribution in [2.45, 2.75) is 38.8 Å². The maximum atomic E-state index is 12.3. The minimum atomic E-state index is -0.262. The van der Waals surface area contributed by atoms with E-state index in [-0.39, 0.29) is 17.0 Å². The van der Waals surface area contributed by atoms with Crippen molar-refractivity contribution in [2.24, 2.45) is 0 Å². The number of nitrogens with zero attached hydrogens (tertiary/aromatic N) is 2. The van der Waals surface area contributed by atoms with Gasteiger partial charge in [0.05, 0.1) is 6.54 Å². The molecule has 1 aromatic rings. The lowest BCUT2D eigenvalue weighted by atomic mass is 9.76. The highest BCUT2D eigenvalue weighted by molar-refractivity contribution is 9.10. The van der Waals surface area contributed by atoms with Crippen LogP contribution in [0.2, 0.25) is 0 Å². The average Bonchev–Trinajstić information content (AvgIpc) is 2.69. The Morgan fingerprint density at radius 1 is 1.32 bits per heavy atom. The second-order valence-corrected chi connectivity index (χ2v) is 6.95. The second kappa shape index (κ2) is 3.75. The Balaban J connectivity index is 2.25. The van der Waals surface area contributed by atoms with Gasteiger partial charge in [-0.1, -0.05) is 29.8 Å². The first-order valence-electron chi connectivity index (χ1n) is 6.72. The third kappa shape index (κ3) is 1.36. The highest BCUT2D eigenvalue weighted by Gasteiger charge is 2.61. The topological polar surface area (TPSA) is 23.6 Å². The molecule has 4 heteroatoms. The molecule has 1 fully saturated rings. The number of benzene rings is 1. The maximum absolute atomic E-state index is 12.3. The SMILES string of the molecule is CCN1C(=O)CN2c3ccc(Br)cc3C(C)(C)[C@@]12C. The van der Waals surface area contributed by atoms with E-state index >= 15 is 0 Å². The summed E-state index contributed by atoms with van der Waals surface area (Å²) in [5.74, 6) is 0.228. The molecule has 1 amide bonds. The summed E-state index contributed by atoms with van der Waals surface area (Å²) >= 11 is 3.56. The zero-order valence-corrected chi connectivity index (χ0v) is 13.4. The molecule has 0 radical (unpaired) electrons. The molecule has 0 aliphatic carbocycles. The molecular formula is C15H19BrN2O. The van der Waals surface area contributed by atoms with Gasteiger partial charge in [0.1, 0.15) is 5.66 Å². The molecule has 0 unspecified atom stereocenters. The van der Waals surface area contributed by atoms with E-state index in [1.807, 2.05) is 4.90 Å². The molecule has 1 atom stereocenters. The lowest BCUT2D eigenvalue weighted by molar-refractivity contribution is -0.131. The number of carbonyl (C=O) groups excluding carboxylic acids is 1. The van der Waals surface area contributed by atoms with Crippen molar-refractivity contribution in [1.82, 2.24) is 4.90 Å². The fourth-order valence-corrected chi connectivity index (χ4v) is 4.10. The van der Waals surface area contributed by atoms with Gasteiger partial charge in [-0.2, -0.15) is 0 Å². The van der Waals surface area contributed by atoms with Crippen LogP contribution < -0.4 is 4.90 Å². The smallest absolute Gasteiger partial charge is 0.244 e. The molecule has 2 aliphatic rings. The quantitative estimate of drug-likeness (QED) is 0.793. The minimum Gasteiger partial charge on any atom is -0.338 e. The van der Waals surface area contributed by atoms with Gasteiger partial charge in [-0.05, 0) is 37.6 Å². The molecular weight excluding hydrogens is 304 g/mol. The summed E-state index contributed by atoms with van der Waals surface area (Å²) in [7, 11) is 0. The third-order valence-corrected chi connectivity index (χ3v) is 5.56. The van der Waals surface area contributed by atoms with Crippen LogP contribution in [0, 0.1) is 0 Å². The summed E-state index contributed by atoms with van der Waals surface area (Å²) < 4.78 is 1.10. The number of halogens is 1. The van der Waals surface area contributed by atoms with Crippen molar-refractivity contribution in [2.75, 3.05) is 18.0 Å². The number of anilines is 1. The van der Waals surface area contributed by atoms with Crippen LogP contribution in [0.1, 0.15) is 33.3 Å². The molecule has 2 heterocycles. The normalized spacial score (nSPS) is 27.7. The summed E-state index contributed by atoms with van der Waals surface area (Å²) in [4.78, 5) is 16.5. The highest BCUT2D eigenvalue weighted by Crippen LogP contribution is 2.55. The Kier molecular flexibility index (Phi) is 2.56. The lowest BCUT2D eigenvalue weighted by Crippen LogP contribution is -2.59. The fourth-order valence-electron chi connectivity index (χ4n) is 3.74. The Morgan fingerprint density at radius 2 is 2.00 bits per heavy atom. The molecule has 0 N–H and O–H groups in total. The van der Waals surface area contributed by atoms with Crippen molar-refractivity contribution >= 4 is 27.5 Å². The molecule has 19 heavy (non-hydrogen) atoms. The third-order valence-electron chi connectivity index (χ3n) is 5.07. The Bertz CT molecular complexity index is 569. The number of likely N-dealkylation sites (N-methyl/N-ethyl adjacent to an activating group) is 1. The van der Waals surface area contributed by atoms with Gasteiger partial charge in [-0.3, -0.25) is 4.79 Å². The van der Waals surface area contributed by atoms with E-state index in [4.69, 9.17) is 0 Å². The van der Waals surface area contributed by atoms with Crippen molar-refractivity contribution in [1.29, 1.82) is 0 Å². The molecule has 0 saturated carbocycles. The highest BCUT2D eigenvalue weighted by atomic mass is 79.9. The van der Waals surface area contributed by atoms with Crippen LogP contribution in [0.15, 0.2) is 22.7 Å². The van der Waals surface area contributed by atoms with Crippen LogP contribution in [-0.2, 0) is 10.2 Å². The number of hydrogen-bond donors (Lipinski definition) is 0. The van der Waals surface area contributed by atoms with Gasteiger partial charge in [-0.15, -0.1) is 0 Å². The summed E-state index contributed by atoms with van der Waals surface area (Å²) in [5, 5.41) is 0. The van der Waals surface area contributed by atoms with Crippen LogP contribution in [0.3, 0.4) is 0 Å². The molecule has 3 nitrogen and oxygen atoms in total. The van der Waals surface area contributed by atoms with Crippen LogP contribution in [0.5, 0.6) is 0 Å². The lowest BCUT2D eigenvalue weighted by Gasteiger charge is -2.45. The Morgan fingerprint density at radius 3 is 2.63 bits per heavy atom. The Labute approximate surface area is 122 Å². The maximum Gasteiger partial charge on any atom is 0.244 e. The van der Waals surface area contributed by atoms with E-state index in [1.165, 1.54) is 11.3 Å². The summed E-state index contributed by atoms with van der Waals surface area (Å²) in [6.07, 6.45) is 0. The van der Waals surface area contributed by atoms with Gasteiger partial charge in [-0.25, -0.2) is 0 Å². The number of amides is 1. The Hall–Kier alpha value is -1.03. The number of carbonyl (C=O) groups is 1. The van der Waals surface area contributed by atoms with E-state index < -0.39 is 0 Å². The van der Waals surface area contributed by atoms with Gasteiger partial charge < -0.3 is 9.80 Å². The first-order chi connectivity index (χ1) is 8.84. The second-order valence-electron chi connectivity index (χ2n) is 6.03. The van der Waals surface area contributed by atoms with E-state index in [0.717, 1.165) is 11.0 Å². The molecule has 3 rings (SSSR count). The minimum absolute atomic E-state index is 0.0890. The van der Waals surface area contributed by atoms with E-state index in [0.29, 0.717) is 6.54 Å². The molecule has 1 saturated heterocycles. The fraction of sp³-hybridized carbons (Fsp3) is 0.533. The van der Waals surface area contributed by atoms with Gasteiger partial charge in [0.2, 0.25) is 5.91 Å². The number of rotatable bonds is 1. The summed E-state index contributed by atoms with van der Waals surface area (Å²) in [6.45, 7) is 9.96. The molecule has 0 bridgehead atoms. The summed E-state index contributed by atoms with van der Waals surface area (Å²) in [5.41, 5.74) is 2.16. The molecule has 0 spiro atoms. The van der Waals surface area contributed by atoms with Crippen LogP contribution in [-0.4, -0.2) is 29.6 Å². The molecule has 2 aliphatic heterocycles. The number of hydrogen-bond acceptors (Lipinski definition) is 2. The molecule has 0 aromatic heterocycles. The standard InChI is InChI=1S/C15H19BrN2O/c1-5-17-13(19)9-18-12-7-6-10(16)8-11(12)14(2,3)15(17,18)4/h6-8H,5,9H2,1-4H3/t15-/m0/s1. The average molecular weight is 323 g/mol. The predicted octanol–water partition coefficient (Wildman–Crippen LogP) is 3.13. The van der Waals surface area contributed by atoms with Crippen molar-refractivity contribution in [3.05, 3.63) is 28.2 Å². The largest absolute Gasteiger partial charge is 0.338 e. The summed E-state index contributed by atoms with van der Waals surface area (Å²) in [6, 6.07) is 6.37. The number of fused-ring (bicyclic) bond motifs is 3. The van der Waals surface area contributed by atoms with Gasteiger partial charge in [0.15, 0.2) is 0 Å². The van der Waals surface area contributed by atoms with Crippen molar-refractivity contribution in [3.8, 4) is 0 Å². The zero-order valence-electron chi connectivity index (χ0n) is 11.8. The van der Waals surface area contributed by atoms with Crippen molar-refractivity contribution < 1.29 is 4.79 Å². The van der Waals surface area contributed by atoms with Crippen LogP contribution >= 0.6 is 15.9 Å². The van der Waals surface area contributed by atoms with E-state index in [2.05, 4.69) is 66.7 Å². The predicted molar refractivity (Wildman–Crippen MR) is 80.3 cm³/mol. The van der Waals surface area contributed by atoms with Crippen LogP contribution in [0.4, 0.5) is 5.69 Å². The zero-order chi connectivity index (χ0) is 14.0.